The third-order valence-electron chi connectivity index (χ3n) is 6.13. The molecule has 2 aromatic carbocycles. The molecule has 8 nitrogen and oxygen atoms in total. The summed E-state index contributed by atoms with van der Waals surface area (Å²) in [5, 5.41) is 17.6. The first kappa shape index (κ1) is 25.9. The third-order valence-corrected chi connectivity index (χ3v) is 7.30. The molecule has 0 radical (unpaired) electrons. The number of aromatic nitrogens is 1. The minimum Gasteiger partial charge on any atom is -0.505 e. The van der Waals surface area contributed by atoms with Crippen LogP contribution in [0.1, 0.15) is 33.3 Å². The number of carbonyl (C=O) groups excluding carboxylic acids is 2. The molecule has 1 aliphatic heterocycles. The Morgan fingerprint density at radius 3 is 2.75 bits per heavy atom. The fourth-order valence-corrected chi connectivity index (χ4v) is 5.42. The number of nitrogens with one attached hydrogen (secondary N) is 2. The largest absolute Gasteiger partial charge is 0.505 e. The van der Waals surface area contributed by atoms with Crippen molar-refractivity contribution < 1.29 is 23.8 Å². The Bertz CT molecular complexity index is 1220. The van der Waals surface area contributed by atoms with Crippen LogP contribution in [0.2, 0.25) is 0 Å². The van der Waals surface area contributed by atoms with E-state index in [1.807, 2.05) is 4.90 Å². The number of benzene rings is 2. The fourth-order valence-electron chi connectivity index (χ4n) is 4.29. The lowest BCUT2D eigenvalue weighted by molar-refractivity contribution is -0.131. The number of pyridine rings is 1. The van der Waals surface area contributed by atoms with Crippen molar-refractivity contribution in [3.05, 3.63) is 65.1 Å². The molecule has 10 heteroatoms. The number of piperazine rings is 1. The Labute approximate surface area is 213 Å². The molecule has 4 rings (SSSR count). The molecule has 0 bridgehead atoms. The first-order valence-electron chi connectivity index (χ1n) is 11.7. The maximum Gasteiger partial charge on any atom is 0.223 e. The topological polar surface area (TPSA) is 104 Å². The number of aromatic hydroxyl groups is 1. The molecule has 1 amide bonds. The van der Waals surface area contributed by atoms with Gasteiger partial charge in [-0.05, 0) is 29.8 Å². The van der Waals surface area contributed by atoms with E-state index < -0.39 is 5.37 Å². The Morgan fingerprint density at radius 2 is 2.06 bits per heavy atom. The Morgan fingerprint density at radius 1 is 1.31 bits per heavy atom. The number of halogens is 1. The minimum atomic E-state index is -0.503. The van der Waals surface area contributed by atoms with Gasteiger partial charge >= 0.3 is 0 Å². The molecule has 3 N–H and O–H groups in total. The number of amides is 1. The van der Waals surface area contributed by atoms with Crippen LogP contribution in [0, 0.1) is 5.82 Å². The molecule has 1 saturated heterocycles. The van der Waals surface area contributed by atoms with Gasteiger partial charge in [0, 0.05) is 62.0 Å². The molecule has 1 aliphatic rings. The average Bonchev–Trinajstić information content (AvgIpc) is 2.92. The summed E-state index contributed by atoms with van der Waals surface area (Å²) < 4.78 is 19.1. The third kappa shape index (κ3) is 5.77. The number of thioether (sulfide) groups is 1. The van der Waals surface area contributed by atoms with Crippen molar-refractivity contribution in [2.75, 3.05) is 39.0 Å². The van der Waals surface area contributed by atoms with Gasteiger partial charge in [0.25, 0.3) is 0 Å². The molecule has 1 unspecified atom stereocenters. The summed E-state index contributed by atoms with van der Waals surface area (Å²) in [7, 11) is 1.51. The summed E-state index contributed by atoms with van der Waals surface area (Å²) in [6.07, 6.45) is 2.47. The number of ether oxygens (including phenoxy) is 1. The van der Waals surface area contributed by atoms with E-state index in [0.717, 1.165) is 18.7 Å². The van der Waals surface area contributed by atoms with Crippen molar-refractivity contribution in [1.29, 1.82) is 0 Å². The minimum absolute atomic E-state index is 0.0782. The second-order valence-corrected chi connectivity index (χ2v) is 9.58. The van der Waals surface area contributed by atoms with Gasteiger partial charge in [0.1, 0.15) is 17.1 Å². The second-order valence-electron chi connectivity index (χ2n) is 8.37. The summed E-state index contributed by atoms with van der Waals surface area (Å²) in [6, 6.07) is 9.63. The summed E-state index contributed by atoms with van der Waals surface area (Å²) in [4.78, 5) is 31.0. The van der Waals surface area contributed by atoms with Gasteiger partial charge in [-0.25, -0.2) is 4.39 Å². The first-order valence-corrected chi connectivity index (χ1v) is 12.8. The van der Waals surface area contributed by atoms with Gasteiger partial charge in [-0.15, -0.1) is 11.8 Å². The number of fused-ring (bicyclic) bond motifs is 1. The maximum atomic E-state index is 13.4. The quantitative estimate of drug-likeness (QED) is 0.281. The van der Waals surface area contributed by atoms with Crippen molar-refractivity contribution in [2.45, 2.75) is 18.3 Å². The van der Waals surface area contributed by atoms with Gasteiger partial charge in [-0.3, -0.25) is 19.9 Å². The summed E-state index contributed by atoms with van der Waals surface area (Å²) >= 11 is 1.45. The number of rotatable bonds is 10. The number of aldehydes is 1. The zero-order valence-corrected chi connectivity index (χ0v) is 20.8. The van der Waals surface area contributed by atoms with Crippen molar-refractivity contribution >= 4 is 34.9 Å². The van der Waals surface area contributed by atoms with Crippen LogP contribution in [0.4, 0.5) is 4.39 Å². The second kappa shape index (κ2) is 12.2. The molecule has 0 saturated carbocycles. The van der Waals surface area contributed by atoms with Crippen LogP contribution in [0.25, 0.3) is 10.9 Å². The number of methoxy groups -OCH3 is 1. The first-order chi connectivity index (χ1) is 17.5. The van der Waals surface area contributed by atoms with Crippen LogP contribution in [-0.4, -0.2) is 66.2 Å². The predicted octanol–water partition coefficient (Wildman–Crippen LogP) is 3.24. The van der Waals surface area contributed by atoms with E-state index in [1.54, 1.807) is 24.3 Å². The van der Waals surface area contributed by atoms with Crippen molar-refractivity contribution in [2.24, 2.45) is 0 Å². The smallest absolute Gasteiger partial charge is 0.223 e. The van der Waals surface area contributed by atoms with E-state index in [-0.39, 0.29) is 28.6 Å². The van der Waals surface area contributed by atoms with Crippen molar-refractivity contribution in [3.8, 4) is 11.5 Å². The maximum absolute atomic E-state index is 13.4. The highest BCUT2D eigenvalue weighted by molar-refractivity contribution is 7.99. The molecule has 0 spiro atoms. The molecule has 190 valence electrons. The van der Waals surface area contributed by atoms with Crippen molar-refractivity contribution in [1.82, 2.24) is 20.5 Å². The Kier molecular flexibility index (Phi) is 8.74. The van der Waals surface area contributed by atoms with Gasteiger partial charge in [-0.1, -0.05) is 12.1 Å². The Hall–Kier alpha value is -3.21. The zero-order valence-electron chi connectivity index (χ0n) is 20.0. The number of hydrogen-bond acceptors (Lipinski definition) is 8. The van der Waals surface area contributed by atoms with E-state index in [9.17, 15) is 19.1 Å². The van der Waals surface area contributed by atoms with Crippen LogP contribution in [0.15, 0.2) is 42.6 Å². The standard InChI is InChI=1S/C26H29FN4O4S/c1-35-25-19-3-2-9-29-23(19)24(34)20(16-32)22(25)26(30-15-17-4-6-18(27)7-5-17)36-14-8-21(33)31-12-10-28-11-13-31/h2-7,9,16,26,28,30,34H,8,10-15H2,1H3. The van der Waals surface area contributed by atoms with Gasteiger partial charge < -0.3 is 20.1 Å². The van der Waals surface area contributed by atoms with Gasteiger partial charge in [-0.2, -0.15) is 0 Å². The summed E-state index contributed by atoms with van der Waals surface area (Å²) in [5.74, 6) is 0.442. The SMILES string of the molecule is COc1c(C(NCc2ccc(F)cc2)SCCC(=O)N2CCNCC2)c(C=O)c(O)c2ncccc12. The van der Waals surface area contributed by atoms with E-state index in [0.29, 0.717) is 54.8 Å². The van der Waals surface area contributed by atoms with Gasteiger partial charge in [0.15, 0.2) is 12.0 Å². The normalized spacial score (nSPS) is 14.6. The monoisotopic (exact) mass is 512 g/mol. The molecule has 0 aliphatic carbocycles. The van der Waals surface area contributed by atoms with E-state index in [4.69, 9.17) is 4.74 Å². The molecular formula is C26H29FN4O4S. The van der Waals surface area contributed by atoms with Crippen LogP contribution in [0.3, 0.4) is 0 Å². The Balaban J connectivity index is 1.64. The molecule has 1 fully saturated rings. The molecule has 1 aromatic heterocycles. The lowest BCUT2D eigenvalue weighted by Gasteiger charge is -2.28. The summed E-state index contributed by atoms with van der Waals surface area (Å²) in [6.45, 7) is 3.31. The van der Waals surface area contributed by atoms with Gasteiger partial charge in [0.05, 0.1) is 18.0 Å². The zero-order chi connectivity index (χ0) is 25.5. The van der Waals surface area contributed by atoms with Crippen LogP contribution in [-0.2, 0) is 11.3 Å². The average molecular weight is 513 g/mol. The summed E-state index contributed by atoms with van der Waals surface area (Å²) in [5.41, 5.74) is 1.68. The van der Waals surface area contributed by atoms with E-state index in [2.05, 4.69) is 15.6 Å². The number of phenolic OH excluding ortho intramolecular Hbond substituents is 1. The fraction of sp³-hybridized carbons (Fsp3) is 0.346. The van der Waals surface area contributed by atoms with E-state index >= 15 is 0 Å². The highest BCUT2D eigenvalue weighted by Gasteiger charge is 2.27. The molecule has 3 aromatic rings. The number of carbonyl (C=O) groups is 2. The predicted molar refractivity (Wildman–Crippen MR) is 138 cm³/mol. The van der Waals surface area contributed by atoms with Crippen LogP contribution < -0.4 is 15.4 Å². The molecular weight excluding hydrogens is 483 g/mol. The van der Waals surface area contributed by atoms with Gasteiger partial charge in [0.2, 0.25) is 5.91 Å². The lowest BCUT2D eigenvalue weighted by atomic mass is 10.0. The number of phenols is 1. The van der Waals surface area contributed by atoms with Crippen LogP contribution in [0.5, 0.6) is 11.5 Å². The lowest BCUT2D eigenvalue weighted by Crippen LogP contribution is -2.46. The highest BCUT2D eigenvalue weighted by atomic mass is 32.2. The molecule has 2 heterocycles. The molecule has 1 atom stereocenters. The highest BCUT2D eigenvalue weighted by Crippen LogP contribution is 2.44. The number of hydrogen-bond donors (Lipinski definition) is 3. The number of nitrogens with zero attached hydrogens (tertiary/aromatic N) is 2. The van der Waals surface area contributed by atoms with Crippen LogP contribution >= 0.6 is 11.8 Å². The van der Waals surface area contributed by atoms with E-state index in [1.165, 1.54) is 37.2 Å². The van der Waals surface area contributed by atoms with Crippen molar-refractivity contribution in [3.63, 3.8) is 0 Å². The molecule has 36 heavy (non-hydrogen) atoms.